The van der Waals surface area contributed by atoms with Crippen LogP contribution in [0.2, 0.25) is 0 Å². The minimum atomic E-state index is -0.539. The molecule has 0 spiro atoms. The van der Waals surface area contributed by atoms with Crippen LogP contribution in [0.3, 0.4) is 0 Å². The van der Waals surface area contributed by atoms with Gasteiger partial charge in [-0.25, -0.2) is 4.39 Å². The third-order valence-corrected chi connectivity index (χ3v) is 3.84. The van der Waals surface area contributed by atoms with Crippen LogP contribution in [0.25, 0.3) is 0 Å². The largest absolute Gasteiger partial charge is 0.496 e. The monoisotopic (exact) mass is 347 g/mol. The summed E-state index contributed by atoms with van der Waals surface area (Å²) in [5.41, 5.74) is 1.66. The molecule has 0 saturated carbocycles. The Balaban J connectivity index is 2.11. The van der Waals surface area contributed by atoms with E-state index in [1.165, 1.54) is 12.1 Å². The van der Waals surface area contributed by atoms with E-state index in [1.54, 1.807) is 39.5 Å². The van der Waals surface area contributed by atoms with Gasteiger partial charge in [0.2, 0.25) is 0 Å². The van der Waals surface area contributed by atoms with Crippen LogP contribution < -0.4 is 19.5 Å². The van der Waals surface area contributed by atoms with Gasteiger partial charge < -0.3 is 19.5 Å². The van der Waals surface area contributed by atoms with Crippen LogP contribution in [0.1, 0.15) is 21.5 Å². The van der Waals surface area contributed by atoms with E-state index >= 15 is 0 Å². The van der Waals surface area contributed by atoms with E-state index in [9.17, 15) is 9.18 Å². The van der Waals surface area contributed by atoms with Gasteiger partial charge in [0.15, 0.2) is 0 Å². The molecular weight excluding hydrogens is 325 g/mol. The van der Waals surface area contributed by atoms with Gasteiger partial charge in [0.1, 0.15) is 23.1 Å². The van der Waals surface area contributed by atoms with Crippen molar-refractivity contribution in [3.63, 3.8) is 0 Å². The first kappa shape index (κ1) is 18.6. The molecule has 134 valence electrons. The highest BCUT2D eigenvalue weighted by atomic mass is 19.1. The molecule has 0 fully saturated rings. The number of benzene rings is 2. The topological polar surface area (TPSA) is 56.8 Å². The first-order chi connectivity index (χ1) is 12.0. The van der Waals surface area contributed by atoms with Crippen LogP contribution in [0, 0.1) is 12.7 Å². The molecule has 0 atom stereocenters. The second-order valence-corrected chi connectivity index (χ2v) is 5.50. The van der Waals surface area contributed by atoms with Crippen LogP contribution in [0.15, 0.2) is 30.3 Å². The Morgan fingerprint density at radius 2 is 1.68 bits per heavy atom. The maximum atomic E-state index is 13.8. The molecule has 1 amide bonds. The van der Waals surface area contributed by atoms with Crippen LogP contribution in [-0.2, 0) is 6.42 Å². The van der Waals surface area contributed by atoms with Gasteiger partial charge in [-0.05, 0) is 25.5 Å². The fourth-order valence-electron chi connectivity index (χ4n) is 2.53. The highest BCUT2D eigenvalue weighted by molar-refractivity contribution is 5.94. The van der Waals surface area contributed by atoms with E-state index in [0.717, 1.165) is 11.1 Å². The van der Waals surface area contributed by atoms with Gasteiger partial charge in [0, 0.05) is 24.2 Å². The number of hydrogen-bond donors (Lipinski definition) is 1. The summed E-state index contributed by atoms with van der Waals surface area (Å²) in [5, 5.41) is 2.73. The quantitative estimate of drug-likeness (QED) is 0.836. The summed E-state index contributed by atoms with van der Waals surface area (Å²) in [6.45, 7) is 2.12. The SMILES string of the molecule is COc1cc(OC)c(CCNC(=O)c2cc(C)ccc2F)c(OC)c1. The number of rotatable bonds is 7. The summed E-state index contributed by atoms with van der Waals surface area (Å²) in [6.07, 6.45) is 0.468. The van der Waals surface area contributed by atoms with Crippen molar-refractivity contribution in [1.29, 1.82) is 0 Å². The van der Waals surface area contributed by atoms with Crippen molar-refractivity contribution in [3.8, 4) is 17.2 Å². The van der Waals surface area contributed by atoms with Crippen molar-refractivity contribution >= 4 is 5.91 Å². The van der Waals surface area contributed by atoms with Crippen molar-refractivity contribution < 1.29 is 23.4 Å². The van der Waals surface area contributed by atoms with Gasteiger partial charge in [-0.3, -0.25) is 4.79 Å². The summed E-state index contributed by atoms with van der Waals surface area (Å²) in [4.78, 5) is 12.2. The summed E-state index contributed by atoms with van der Waals surface area (Å²) in [6, 6.07) is 7.94. The lowest BCUT2D eigenvalue weighted by molar-refractivity contribution is 0.0950. The maximum Gasteiger partial charge on any atom is 0.254 e. The summed E-state index contributed by atoms with van der Waals surface area (Å²) < 4.78 is 29.7. The zero-order chi connectivity index (χ0) is 18.4. The van der Waals surface area contributed by atoms with Crippen LogP contribution in [-0.4, -0.2) is 33.8 Å². The Kier molecular flexibility index (Phi) is 6.22. The van der Waals surface area contributed by atoms with Crippen LogP contribution in [0.5, 0.6) is 17.2 Å². The minimum absolute atomic E-state index is 0.0358. The number of aryl methyl sites for hydroxylation is 1. The molecule has 0 aliphatic heterocycles. The van der Waals surface area contributed by atoms with Gasteiger partial charge in [-0.15, -0.1) is 0 Å². The molecule has 0 aliphatic carbocycles. The van der Waals surface area contributed by atoms with E-state index in [-0.39, 0.29) is 5.56 Å². The smallest absolute Gasteiger partial charge is 0.254 e. The normalized spacial score (nSPS) is 10.3. The lowest BCUT2D eigenvalue weighted by atomic mass is 10.1. The minimum Gasteiger partial charge on any atom is -0.496 e. The van der Waals surface area contributed by atoms with E-state index in [1.807, 2.05) is 6.92 Å². The van der Waals surface area contributed by atoms with Gasteiger partial charge >= 0.3 is 0 Å². The number of nitrogens with one attached hydrogen (secondary N) is 1. The first-order valence-electron chi connectivity index (χ1n) is 7.83. The molecule has 0 heterocycles. The summed E-state index contributed by atoms with van der Waals surface area (Å²) in [7, 11) is 4.67. The number of ether oxygens (including phenoxy) is 3. The molecule has 0 aromatic heterocycles. The Morgan fingerprint density at radius 1 is 1.04 bits per heavy atom. The average Bonchev–Trinajstić information content (AvgIpc) is 2.63. The van der Waals surface area contributed by atoms with Gasteiger partial charge in [0.25, 0.3) is 5.91 Å². The van der Waals surface area contributed by atoms with Crippen LogP contribution >= 0.6 is 0 Å². The fraction of sp³-hybridized carbons (Fsp3) is 0.316. The van der Waals surface area contributed by atoms with Gasteiger partial charge in [-0.1, -0.05) is 11.6 Å². The number of carbonyl (C=O) groups is 1. The second kappa shape index (κ2) is 8.37. The van der Waals surface area contributed by atoms with Crippen molar-refractivity contribution in [2.75, 3.05) is 27.9 Å². The summed E-state index contributed by atoms with van der Waals surface area (Å²) >= 11 is 0. The van der Waals surface area contributed by atoms with Crippen molar-refractivity contribution in [1.82, 2.24) is 5.32 Å². The Bertz CT molecular complexity index is 736. The third kappa shape index (κ3) is 4.41. The molecule has 0 aliphatic rings. The number of amides is 1. The number of carbonyl (C=O) groups excluding carboxylic acids is 1. The molecule has 0 unspecified atom stereocenters. The molecule has 1 N–H and O–H groups in total. The standard InChI is InChI=1S/C19H22FNO4/c1-12-5-6-16(20)15(9-12)19(22)21-8-7-14-17(24-3)10-13(23-2)11-18(14)25-4/h5-6,9-11H,7-8H2,1-4H3,(H,21,22). The molecule has 25 heavy (non-hydrogen) atoms. The summed E-state index contributed by atoms with van der Waals surface area (Å²) in [5.74, 6) is 0.832. The van der Waals surface area contributed by atoms with Crippen molar-refractivity contribution in [2.24, 2.45) is 0 Å². The lowest BCUT2D eigenvalue weighted by Crippen LogP contribution is -2.26. The Labute approximate surface area is 146 Å². The molecular formula is C19H22FNO4. The van der Waals surface area contributed by atoms with E-state index in [2.05, 4.69) is 5.32 Å². The number of hydrogen-bond acceptors (Lipinski definition) is 4. The second-order valence-electron chi connectivity index (χ2n) is 5.50. The third-order valence-electron chi connectivity index (χ3n) is 3.84. The molecule has 0 radical (unpaired) electrons. The molecule has 5 nitrogen and oxygen atoms in total. The van der Waals surface area contributed by atoms with Gasteiger partial charge in [-0.2, -0.15) is 0 Å². The molecule has 2 aromatic rings. The highest BCUT2D eigenvalue weighted by Crippen LogP contribution is 2.34. The van der Waals surface area contributed by atoms with Crippen LogP contribution in [0.4, 0.5) is 4.39 Å². The molecule has 0 saturated heterocycles. The zero-order valence-electron chi connectivity index (χ0n) is 14.8. The molecule has 2 aromatic carbocycles. The highest BCUT2D eigenvalue weighted by Gasteiger charge is 2.15. The van der Waals surface area contributed by atoms with Crippen molar-refractivity contribution in [2.45, 2.75) is 13.3 Å². The van der Waals surface area contributed by atoms with Crippen molar-refractivity contribution in [3.05, 3.63) is 52.8 Å². The molecule has 2 rings (SSSR count). The average molecular weight is 347 g/mol. The van der Waals surface area contributed by atoms with E-state index < -0.39 is 11.7 Å². The number of methoxy groups -OCH3 is 3. The molecule has 6 heteroatoms. The fourth-order valence-corrected chi connectivity index (χ4v) is 2.53. The van der Waals surface area contributed by atoms with E-state index in [4.69, 9.17) is 14.2 Å². The Morgan fingerprint density at radius 3 is 2.24 bits per heavy atom. The molecule has 0 bridgehead atoms. The first-order valence-corrected chi connectivity index (χ1v) is 7.83. The predicted octanol–water partition coefficient (Wildman–Crippen LogP) is 3.13. The Hall–Kier alpha value is -2.76. The predicted molar refractivity (Wildman–Crippen MR) is 93.3 cm³/mol. The van der Waals surface area contributed by atoms with E-state index in [0.29, 0.717) is 30.2 Å². The zero-order valence-corrected chi connectivity index (χ0v) is 14.8. The lowest BCUT2D eigenvalue weighted by Gasteiger charge is -2.15. The van der Waals surface area contributed by atoms with Gasteiger partial charge in [0.05, 0.1) is 26.9 Å². The number of halogens is 1. The maximum absolute atomic E-state index is 13.8.